The number of hydrogen-bond acceptors (Lipinski definition) is 7. The summed E-state index contributed by atoms with van der Waals surface area (Å²) in [6.45, 7) is 3.82. The SMILES string of the molecule is Cc1cc(C)c2c(N)c(C(=O)NNC(=O)c3csc(-c4ccccc4)n3)sc2n1. The molecule has 146 valence electrons. The molecule has 0 fully saturated rings. The van der Waals surface area contributed by atoms with Crippen LogP contribution in [0.4, 0.5) is 5.69 Å². The molecule has 0 unspecified atom stereocenters. The van der Waals surface area contributed by atoms with E-state index in [1.807, 2.05) is 50.2 Å². The third kappa shape index (κ3) is 3.69. The third-order valence-corrected chi connectivity index (χ3v) is 6.27. The molecule has 0 aliphatic heterocycles. The lowest BCUT2D eigenvalue weighted by Gasteiger charge is -2.05. The molecule has 4 rings (SSSR count). The molecule has 1 aromatic carbocycles. The van der Waals surface area contributed by atoms with Gasteiger partial charge in [0, 0.05) is 22.0 Å². The summed E-state index contributed by atoms with van der Waals surface area (Å²) < 4.78 is 0. The molecule has 4 aromatic rings. The Morgan fingerprint density at radius 2 is 1.76 bits per heavy atom. The van der Waals surface area contributed by atoms with Crippen molar-refractivity contribution in [1.82, 2.24) is 20.8 Å². The van der Waals surface area contributed by atoms with Crippen LogP contribution < -0.4 is 16.6 Å². The summed E-state index contributed by atoms with van der Waals surface area (Å²) in [6, 6.07) is 11.5. The highest BCUT2D eigenvalue weighted by molar-refractivity contribution is 7.21. The van der Waals surface area contributed by atoms with Gasteiger partial charge in [-0.3, -0.25) is 20.4 Å². The number of pyridine rings is 1. The molecule has 0 bridgehead atoms. The number of aryl methyl sites for hydroxylation is 2. The third-order valence-electron chi connectivity index (χ3n) is 4.28. The van der Waals surface area contributed by atoms with E-state index in [0.717, 1.165) is 27.2 Å². The molecule has 9 heteroatoms. The van der Waals surface area contributed by atoms with Gasteiger partial charge in [-0.1, -0.05) is 30.3 Å². The average molecular weight is 424 g/mol. The molecule has 2 amide bonds. The number of nitrogen functional groups attached to an aromatic ring is 1. The Hall–Kier alpha value is -3.30. The first-order chi connectivity index (χ1) is 13.9. The Balaban J connectivity index is 1.48. The van der Waals surface area contributed by atoms with Gasteiger partial charge < -0.3 is 5.73 Å². The number of amides is 2. The highest BCUT2D eigenvalue weighted by atomic mass is 32.1. The van der Waals surface area contributed by atoms with Crippen molar-refractivity contribution in [2.24, 2.45) is 0 Å². The molecular formula is C20H17N5O2S2. The molecule has 7 nitrogen and oxygen atoms in total. The van der Waals surface area contributed by atoms with Crippen LogP contribution in [0.15, 0.2) is 41.8 Å². The summed E-state index contributed by atoms with van der Waals surface area (Å²) >= 11 is 2.56. The molecular weight excluding hydrogens is 406 g/mol. The maximum Gasteiger partial charge on any atom is 0.289 e. The Kier molecular flexibility index (Phi) is 4.99. The quantitative estimate of drug-likeness (QED) is 0.435. The largest absolute Gasteiger partial charge is 0.397 e. The van der Waals surface area contributed by atoms with E-state index in [9.17, 15) is 9.59 Å². The van der Waals surface area contributed by atoms with E-state index in [4.69, 9.17) is 5.73 Å². The maximum atomic E-state index is 12.6. The van der Waals surface area contributed by atoms with Crippen molar-refractivity contribution in [1.29, 1.82) is 0 Å². The Bertz CT molecular complexity index is 1230. The number of carbonyl (C=O) groups excluding carboxylic acids is 2. The van der Waals surface area contributed by atoms with Gasteiger partial charge in [0.2, 0.25) is 0 Å². The number of thiazole rings is 1. The molecule has 0 aliphatic carbocycles. The first kappa shape index (κ1) is 19.0. The van der Waals surface area contributed by atoms with Crippen molar-refractivity contribution < 1.29 is 9.59 Å². The smallest absolute Gasteiger partial charge is 0.289 e. The van der Waals surface area contributed by atoms with Crippen molar-refractivity contribution in [2.45, 2.75) is 13.8 Å². The lowest BCUT2D eigenvalue weighted by Crippen LogP contribution is -2.41. The monoisotopic (exact) mass is 423 g/mol. The van der Waals surface area contributed by atoms with E-state index in [1.54, 1.807) is 5.38 Å². The normalized spacial score (nSPS) is 10.8. The van der Waals surface area contributed by atoms with Crippen LogP contribution in [0, 0.1) is 13.8 Å². The number of nitrogens with one attached hydrogen (secondary N) is 2. The van der Waals surface area contributed by atoms with Crippen LogP contribution in [-0.4, -0.2) is 21.8 Å². The van der Waals surface area contributed by atoms with Gasteiger partial charge in [0.1, 0.15) is 20.4 Å². The zero-order valence-electron chi connectivity index (χ0n) is 15.6. The molecule has 0 radical (unpaired) electrons. The zero-order valence-corrected chi connectivity index (χ0v) is 17.3. The molecule has 29 heavy (non-hydrogen) atoms. The number of fused-ring (bicyclic) bond motifs is 1. The number of thiophene rings is 1. The van der Waals surface area contributed by atoms with Crippen molar-refractivity contribution in [3.63, 3.8) is 0 Å². The second kappa shape index (κ2) is 7.61. The lowest BCUT2D eigenvalue weighted by molar-refractivity contribution is 0.0847. The summed E-state index contributed by atoms with van der Waals surface area (Å²) in [5.41, 5.74) is 14.3. The standard InChI is InChI=1S/C20H17N5O2S2/c1-10-8-11(2)22-20-14(10)15(21)16(29-20)18(27)25-24-17(26)13-9-28-19(23-13)12-6-4-3-5-7-12/h3-9H,21H2,1-2H3,(H,24,26)(H,25,27). The number of hydrogen-bond donors (Lipinski definition) is 3. The average Bonchev–Trinajstić information content (AvgIpc) is 3.32. The van der Waals surface area contributed by atoms with Gasteiger partial charge in [0.15, 0.2) is 0 Å². The number of nitrogens with zero attached hydrogens (tertiary/aromatic N) is 2. The van der Waals surface area contributed by atoms with E-state index >= 15 is 0 Å². The van der Waals surface area contributed by atoms with Crippen LogP contribution in [0.2, 0.25) is 0 Å². The van der Waals surface area contributed by atoms with Gasteiger partial charge in [0.25, 0.3) is 11.8 Å². The molecule has 0 saturated heterocycles. The predicted molar refractivity (Wildman–Crippen MR) is 116 cm³/mol. The van der Waals surface area contributed by atoms with Gasteiger partial charge in [-0.2, -0.15) is 0 Å². The second-order valence-electron chi connectivity index (χ2n) is 6.42. The summed E-state index contributed by atoms with van der Waals surface area (Å²) in [5.74, 6) is -0.990. The molecule has 3 heterocycles. The van der Waals surface area contributed by atoms with Gasteiger partial charge >= 0.3 is 0 Å². The summed E-state index contributed by atoms with van der Waals surface area (Å²) in [6.07, 6.45) is 0. The number of nitrogens with two attached hydrogens (primary N) is 1. The van der Waals surface area contributed by atoms with Crippen LogP contribution >= 0.6 is 22.7 Å². The van der Waals surface area contributed by atoms with E-state index in [-0.39, 0.29) is 5.69 Å². The molecule has 4 N–H and O–H groups in total. The summed E-state index contributed by atoms with van der Waals surface area (Å²) in [7, 11) is 0. The molecule has 0 aliphatic rings. The van der Waals surface area contributed by atoms with E-state index in [1.165, 1.54) is 22.7 Å². The molecule has 0 saturated carbocycles. The summed E-state index contributed by atoms with van der Waals surface area (Å²) in [5, 5.41) is 3.14. The van der Waals surface area contributed by atoms with E-state index < -0.39 is 11.8 Å². The first-order valence-corrected chi connectivity index (χ1v) is 10.4. The number of anilines is 1. The minimum Gasteiger partial charge on any atom is -0.397 e. The summed E-state index contributed by atoms with van der Waals surface area (Å²) in [4.78, 5) is 34.7. The molecule has 0 spiro atoms. The fraction of sp³-hybridized carbons (Fsp3) is 0.100. The van der Waals surface area contributed by atoms with Crippen molar-refractivity contribution >= 4 is 50.4 Å². The van der Waals surface area contributed by atoms with E-state index in [0.29, 0.717) is 15.4 Å². The highest BCUT2D eigenvalue weighted by Gasteiger charge is 2.20. The Morgan fingerprint density at radius 3 is 2.52 bits per heavy atom. The maximum absolute atomic E-state index is 12.6. The van der Waals surface area contributed by atoms with Gasteiger partial charge in [-0.25, -0.2) is 9.97 Å². The molecule has 3 aromatic heterocycles. The Labute approximate surface area is 174 Å². The number of hydrazine groups is 1. The van der Waals surface area contributed by atoms with Gasteiger partial charge in [-0.05, 0) is 25.5 Å². The Morgan fingerprint density at radius 1 is 1.03 bits per heavy atom. The highest BCUT2D eigenvalue weighted by Crippen LogP contribution is 2.34. The van der Waals surface area contributed by atoms with Crippen molar-refractivity contribution in [3.05, 3.63) is 63.6 Å². The number of rotatable bonds is 3. The fourth-order valence-corrected chi connectivity index (χ4v) is 4.88. The fourth-order valence-electron chi connectivity index (χ4n) is 2.96. The predicted octanol–water partition coefficient (Wildman–Crippen LogP) is 3.69. The minimum absolute atomic E-state index is 0.228. The van der Waals surface area contributed by atoms with E-state index in [2.05, 4.69) is 20.8 Å². The number of benzene rings is 1. The lowest BCUT2D eigenvalue weighted by atomic mass is 10.1. The number of aromatic nitrogens is 2. The molecule has 0 atom stereocenters. The van der Waals surface area contributed by atoms with Crippen LogP contribution in [-0.2, 0) is 0 Å². The minimum atomic E-state index is -0.499. The van der Waals surface area contributed by atoms with Crippen LogP contribution in [0.25, 0.3) is 20.8 Å². The van der Waals surface area contributed by atoms with Crippen molar-refractivity contribution in [2.75, 3.05) is 5.73 Å². The van der Waals surface area contributed by atoms with Gasteiger partial charge in [-0.15, -0.1) is 22.7 Å². The van der Waals surface area contributed by atoms with Crippen LogP contribution in [0.1, 0.15) is 31.4 Å². The van der Waals surface area contributed by atoms with Crippen LogP contribution in [0.3, 0.4) is 0 Å². The van der Waals surface area contributed by atoms with Crippen LogP contribution in [0.5, 0.6) is 0 Å². The second-order valence-corrected chi connectivity index (χ2v) is 8.27. The topological polar surface area (TPSA) is 110 Å². The zero-order chi connectivity index (χ0) is 20.5. The number of carbonyl (C=O) groups is 2. The van der Waals surface area contributed by atoms with Crippen molar-refractivity contribution in [3.8, 4) is 10.6 Å². The first-order valence-electron chi connectivity index (χ1n) is 8.72. The van der Waals surface area contributed by atoms with Gasteiger partial charge in [0.05, 0.1) is 5.69 Å².